The summed E-state index contributed by atoms with van der Waals surface area (Å²) < 4.78 is 0. The number of nitrogens with zero attached hydrogens (tertiary/aromatic N) is 1. The Morgan fingerprint density at radius 2 is 1.65 bits per heavy atom. The van der Waals surface area contributed by atoms with Crippen molar-refractivity contribution in [3.63, 3.8) is 0 Å². The monoisotopic (exact) mass is 237 g/mol. The van der Waals surface area contributed by atoms with Gasteiger partial charge in [-0.2, -0.15) is 0 Å². The molecular formula is C15H27NO. The Kier molecular flexibility index (Phi) is 3.63. The molecule has 1 saturated carbocycles. The Bertz CT molecular complexity index is 280. The maximum Gasteiger partial charge on any atom is 0.145 e. The number of likely N-dealkylation sites (tertiary alicyclic amines) is 1. The van der Waals surface area contributed by atoms with Gasteiger partial charge in [0.2, 0.25) is 0 Å². The van der Waals surface area contributed by atoms with E-state index in [1.54, 1.807) is 0 Å². The fourth-order valence-corrected chi connectivity index (χ4v) is 3.40. The molecule has 1 heterocycles. The molecule has 1 aliphatic carbocycles. The number of Topliss-reactive ketones (excluding diaryl/α,β-unsaturated/α-hetero) is 1. The van der Waals surface area contributed by atoms with Crippen molar-refractivity contribution in [2.45, 2.75) is 59.3 Å². The van der Waals surface area contributed by atoms with Crippen LogP contribution >= 0.6 is 0 Å². The molecule has 0 aromatic heterocycles. The quantitative estimate of drug-likeness (QED) is 0.751. The smallest absolute Gasteiger partial charge is 0.145 e. The molecule has 1 saturated heterocycles. The predicted octanol–water partition coefficient (Wildman–Crippen LogP) is 3.26. The standard InChI is InChI=1S/C15H27NO/c1-14(2,3)13(17)15(8-7-9-15)12-16-10-5-4-6-11-16/h4-12H2,1-3H3. The SMILES string of the molecule is CC(C)(C)C(=O)C1(CN2CCCCC2)CCC1. The molecule has 0 unspecified atom stereocenters. The van der Waals surface area contributed by atoms with Crippen LogP contribution in [0.4, 0.5) is 0 Å². The van der Waals surface area contributed by atoms with Gasteiger partial charge in [0, 0.05) is 17.4 Å². The minimum absolute atomic E-state index is 0.00951. The highest BCUT2D eigenvalue weighted by atomic mass is 16.1. The summed E-state index contributed by atoms with van der Waals surface area (Å²) in [6.07, 6.45) is 7.51. The third-order valence-electron chi connectivity index (χ3n) is 4.45. The van der Waals surface area contributed by atoms with Gasteiger partial charge in [-0.25, -0.2) is 0 Å². The average Bonchev–Trinajstić information content (AvgIpc) is 2.23. The molecule has 2 aliphatic rings. The van der Waals surface area contributed by atoms with Crippen LogP contribution in [-0.2, 0) is 4.79 Å². The summed E-state index contributed by atoms with van der Waals surface area (Å²) in [5.41, 5.74) is -0.161. The van der Waals surface area contributed by atoms with E-state index in [0.717, 1.165) is 19.4 Å². The molecule has 0 N–H and O–H groups in total. The maximum absolute atomic E-state index is 12.6. The Balaban J connectivity index is 2.01. The first-order valence-corrected chi connectivity index (χ1v) is 7.21. The van der Waals surface area contributed by atoms with E-state index in [1.807, 2.05) is 0 Å². The molecule has 0 aromatic rings. The van der Waals surface area contributed by atoms with Crippen molar-refractivity contribution in [3.8, 4) is 0 Å². The molecule has 17 heavy (non-hydrogen) atoms. The van der Waals surface area contributed by atoms with Crippen molar-refractivity contribution in [2.24, 2.45) is 10.8 Å². The number of hydrogen-bond donors (Lipinski definition) is 0. The molecule has 2 rings (SSSR count). The molecule has 0 aromatic carbocycles. The van der Waals surface area contributed by atoms with Crippen molar-refractivity contribution >= 4 is 5.78 Å². The van der Waals surface area contributed by atoms with Crippen molar-refractivity contribution in [3.05, 3.63) is 0 Å². The summed E-state index contributed by atoms with van der Waals surface area (Å²) in [4.78, 5) is 15.1. The van der Waals surface area contributed by atoms with Gasteiger partial charge >= 0.3 is 0 Å². The minimum Gasteiger partial charge on any atom is -0.302 e. The average molecular weight is 237 g/mol. The molecule has 98 valence electrons. The first-order chi connectivity index (χ1) is 7.94. The van der Waals surface area contributed by atoms with Crippen LogP contribution in [0.3, 0.4) is 0 Å². The number of ketones is 1. The summed E-state index contributed by atoms with van der Waals surface area (Å²) in [5, 5.41) is 0. The summed E-state index contributed by atoms with van der Waals surface area (Å²) in [6, 6.07) is 0. The Morgan fingerprint density at radius 3 is 2.06 bits per heavy atom. The van der Waals surface area contributed by atoms with Gasteiger partial charge in [-0.15, -0.1) is 0 Å². The van der Waals surface area contributed by atoms with Gasteiger partial charge in [0.05, 0.1) is 0 Å². The van der Waals surface area contributed by atoms with Crippen molar-refractivity contribution in [1.82, 2.24) is 4.90 Å². The second-order valence-electron chi connectivity index (χ2n) is 7.05. The molecule has 0 amide bonds. The highest BCUT2D eigenvalue weighted by Gasteiger charge is 2.48. The fourth-order valence-electron chi connectivity index (χ4n) is 3.40. The van der Waals surface area contributed by atoms with Crippen LogP contribution in [-0.4, -0.2) is 30.3 Å². The molecular weight excluding hydrogens is 210 g/mol. The van der Waals surface area contributed by atoms with Gasteiger partial charge in [-0.05, 0) is 38.8 Å². The van der Waals surface area contributed by atoms with E-state index in [1.165, 1.54) is 38.8 Å². The van der Waals surface area contributed by atoms with Crippen LogP contribution in [0.25, 0.3) is 0 Å². The Labute approximate surface area is 106 Å². The van der Waals surface area contributed by atoms with E-state index in [2.05, 4.69) is 25.7 Å². The summed E-state index contributed by atoms with van der Waals surface area (Å²) in [7, 11) is 0. The second kappa shape index (κ2) is 4.72. The largest absolute Gasteiger partial charge is 0.302 e. The van der Waals surface area contributed by atoms with Crippen molar-refractivity contribution in [1.29, 1.82) is 0 Å². The van der Waals surface area contributed by atoms with Crippen LogP contribution in [0, 0.1) is 10.8 Å². The van der Waals surface area contributed by atoms with E-state index in [4.69, 9.17) is 0 Å². The lowest BCUT2D eigenvalue weighted by Crippen LogP contribution is -2.52. The third-order valence-corrected chi connectivity index (χ3v) is 4.45. The van der Waals surface area contributed by atoms with Gasteiger partial charge in [-0.3, -0.25) is 4.79 Å². The number of carbonyl (C=O) groups is 1. The molecule has 1 aliphatic heterocycles. The number of rotatable bonds is 3. The van der Waals surface area contributed by atoms with Gasteiger partial charge in [0.15, 0.2) is 0 Å². The van der Waals surface area contributed by atoms with E-state index in [9.17, 15) is 4.79 Å². The Morgan fingerprint density at radius 1 is 1.06 bits per heavy atom. The zero-order valence-corrected chi connectivity index (χ0v) is 11.7. The lowest BCUT2D eigenvalue weighted by atomic mass is 9.60. The van der Waals surface area contributed by atoms with Crippen molar-refractivity contribution in [2.75, 3.05) is 19.6 Å². The lowest BCUT2D eigenvalue weighted by Gasteiger charge is -2.47. The molecule has 2 fully saturated rings. The highest BCUT2D eigenvalue weighted by Crippen LogP contribution is 2.46. The van der Waals surface area contributed by atoms with Gasteiger partial charge in [-0.1, -0.05) is 33.6 Å². The van der Waals surface area contributed by atoms with E-state index in [0.29, 0.717) is 5.78 Å². The van der Waals surface area contributed by atoms with Crippen molar-refractivity contribution < 1.29 is 4.79 Å². The molecule has 2 nitrogen and oxygen atoms in total. The van der Waals surface area contributed by atoms with Crippen LogP contribution in [0.5, 0.6) is 0 Å². The van der Waals surface area contributed by atoms with E-state index >= 15 is 0 Å². The minimum atomic E-state index is -0.170. The van der Waals surface area contributed by atoms with Crippen LogP contribution in [0.1, 0.15) is 59.3 Å². The number of piperidine rings is 1. The predicted molar refractivity (Wildman–Crippen MR) is 71.0 cm³/mol. The topological polar surface area (TPSA) is 20.3 Å². The zero-order valence-electron chi connectivity index (χ0n) is 11.7. The van der Waals surface area contributed by atoms with Crippen LogP contribution in [0.2, 0.25) is 0 Å². The van der Waals surface area contributed by atoms with Gasteiger partial charge in [0.1, 0.15) is 5.78 Å². The highest BCUT2D eigenvalue weighted by molar-refractivity contribution is 5.90. The summed E-state index contributed by atoms with van der Waals surface area (Å²) >= 11 is 0. The summed E-state index contributed by atoms with van der Waals surface area (Å²) in [5.74, 6) is 0.502. The first kappa shape index (κ1) is 13.1. The number of hydrogen-bond acceptors (Lipinski definition) is 2. The first-order valence-electron chi connectivity index (χ1n) is 7.21. The zero-order chi connectivity index (χ0) is 12.5. The van der Waals surface area contributed by atoms with Gasteiger partial charge in [0.25, 0.3) is 0 Å². The third kappa shape index (κ3) is 2.73. The second-order valence-corrected chi connectivity index (χ2v) is 7.05. The van der Waals surface area contributed by atoms with Gasteiger partial charge < -0.3 is 4.90 Å². The van der Waals surface area contributed by atoms with Crippen LogP contribution in [0.15, 0.2) is 0 Å². The van der Waals surface area contributed by atoms with Crippen LogP contribution < -0.4 is 0 Å². The lowest BCUT2D eigenvalue weighted by molar-refractivity contribution is -0.143. The molecule has 0 bridgehead atoms. The molecule has 0 spiro atoms. The normalized spacial score (nSPS) is 25.4. The fraction of sp³-hybridized carbons (Fsp3) is 0.933. The van der Waals surface area contributed by atoms with E-state index < -0.39 is 0 Å². The van der Waals surface area contributed by atoms with E-state index in [-0.39, 0.29) is 10.8 Å². The molecule has 0 radical (unpaired) electrons. The summed E-state index contributed by atoms with van der Waals surface area (Å²) in [6.45, 7) is 9.67. The number of carbonyl (C=O) groups excluding carboxylic acids is 1. The maximum atomic E-state index is 12.6. The Hall–Kier alpha value is -0.370. The molecule has 2 heteroatoms. The molecule has 0 atom stereocenters.